The predicted molar refractivity (Wildman–Crippen MR) is 93.6 cm³/mol. The Morgan fingerprint density at radius 1 is 1.18 bits per heavy atom. The van der Waals surface area contributed by atoms with Gasteiger partial charge in [-0.15, -0.1) is 0 Å². The molecule has 3 heteroatoms. The molecule has 1 N–H and O–H groups in total. The molecule has 2 aromatic rings. The number of benzene rings is 2. The van der Waals surface area contributed by atoms with Crippen molar-refractivity contribution in [2.24, 2.45) is 0 Å². The number of halogens is 1. The van der Waals surface area contributed by atoms with Gasteiger partial charge in [0.1, 0.15) is 12.4 Å². The van der Waals surface area contributed by atoms with E-state index in [-0.39, 0.29) is 0 Å². The molecule has 2 aromatic carbocycles. The average molecular weight is 318 g/mol. The van der Waals surface area contributed by atoms with Crippen molar-refractivity contribution >= 4 is 11.6 Å². The molecule has 0 saturated heterocycles. The molecule has 0 saturated carbocycles. The third kappa shape index (κ3) is 5.04. The van der Waals surface area contributed by atoms with Crippen LogP contribution >= 0.6 is 11.6 Å². The van der Waals surface area contributed by atoms with Crippen LogP contribution < -0.4 is 10.1 Å². The van der Waals surface area contributed by atoms with Gasteiger partial charge in [0.15, 0.2) is 0 Å². The zero-order valence-electron chi connectivity index (χ0n) is 13.5. The molecule has 2 nitrogen and oxygen atoms in total. The Bertz CT molecular complexity index is 612. The molecule has 22 heavy (non-hydrogen) atoms. The summed E-state index contributed by atoms with van der Waals surface area (Å²) < 4.78 is 6.00. The molecular weight excluding hydrogens is 294 g/mol. The third-order valence-corrected chi connectivity index (χ3v) is 3.99. The van der Waals surface area contributed by atoms with E-state index in [2.05, 4.69) is 50.4 Å². The summed E-state index contributed by atoms with van der Waals surface area (Å²) in [6.07, 6.45) is 1.10. The van der Waals surface area contributed by atoms with Crippen LogP contribution in [0.4, 0.5) is 0 Å². The van der Waals surface area contributed by atoms with Gasteiger partial charge in [-0.1, -0.05) is 48.4 Å². The molecule has 1 atom stereocenters. The molecule has 0 spiro atoms. The minimum absolute atomic E-state index is 0.476. The standard InChI is InChI=1S/C19H24ClNO/c1-4-15(3)21-12-17-11-18(20)8-9-19(17)22-13-16-7-5-6-14(2)10-16/h5-11,15,21H,4,12-13H2,1-3H3/t15-/m0/s1. The van der Waals surface area contributed by atoms with E-state index in [0.29, 0.717) is 12.6 Å². The Labute approximate surface area is 138 Å². The van der Waals surface area contributed by atoms with E-state index in [1.165, 1.54) is 11.1 Å². The highest BCUT2D eigenvalue weighted by molar-refractivity contribution is 6.30. The van der Waals surface area contributed by atoms with E-state index in [4.69, 9.17) is 16.3 Å². The SMILES string of the molecule is CC[C@H](C)NCc1cc(Cl)ccc1OCc1cccc(C)c1. The van der Waals surface area contributed by atoms with Crippen LogP contribution in [0.1, 0.15) is 37.0 Å². The molecule has 0 aliphatic heterocycles. The lowest BCUT2D eigenvalue weighted by atomic mass is 10.1. The molecule has 0 amide bonds. The number of hydrogen-bond donors (Lipinski definition) is 1. The van der Waals surface area contributed by atoms with E-state index in [1.807, 2.05) is 18.2 Å². The van der Waals surface area contributed by atoms with Gasteiger partial charge in [-0.3, -0.25) is 0 Å². The summed E-state index contributed by atoms with van der Waals surface area (Å²) in [6, 6.07) is 14.7. The first-order chi connectivity index (χ1) is 10.6. The van der Waals surface area contributed by atoms with Gasteiger partial charge in [-0.05, 0) is 44.0 Å². The van der Waals surface area contributed by atoms with Gasteiger partial charge in [0, 0.05) is 23.2 Å². The van der Waals surface area contributed by atoms with Gasteiger partial charge in [0.2, 0.25) is 0 Å². The first-order valence-corrected chi connectivity index (χ1v) is 8.16. The van der Waals surface area contributed by atoms with Gasteiger partial charge in [0.25, 0.3) is 0 Å². The second kappa shape index (κ2) is 8.21. The van der Waals surface area contributed by atoms with Gasteiger partial charge in [0.05, 0.1) is 0 Å². The molecule has 118 valence electrons. The Kier molecular flexibility index (Phi) is 6.29. The topological polar surface area (TPSA) is 21.3 Å². The second-order valence-electron chi connectivity index (χ2n) is 5.72. The monoisotopic (exact) mass is 317 g/mol. The Hall–Kier alpha value is -1.51. The summed E-state index contributed by atoms with van der Waals surface area (Å²) in [6.45, 7) is 7.77. The summed E-state index contributed by atoms with van der Waals surface area (Å²) in [5.74, 6) is 0.890. The lowest BCUT2D eigenvalue weighted by Crippen LogP contribution is -2.24. The van der Waals surface area contributed by atoms with Gasteiger partial charge >= 0.3 is 0 Å². The average Bonchev–Trinajstić information content (AvgIpc) is 2.51. The lowest BCUT2D eigenvalue weighted by Gasteiger charge is -2.15. The number of rotatable bonds is 7. The molecule has 0 fully saturated rings. The first kappa shape index (κ1) is 16.9. The number of aryl methyl sites for hydroxylation is 1. The quantitative estimate of drug-likeness (QED) is 0.765. The highest BCUT2D eigenvalue weighted by atomic mass is 35.5. The van der Waals surface area contributed by atoms with Gasteiger partial charge in [-0.25, -0.2) is 0 Å². The van der Waals surface area contributed by atoms with E-state index in [0.717, 1.165) is 29.3 Å². The Morgan fingerprint density at radius 2 is 2.00 bits per heavy atom. The van der Waals surface area contributed by atoms with Crippen molar-refractivity contribution in [1.82, 2.24) is 5.32 Å². The molecule has 0 aliphatic carbocycles. The maximum Gasteiger partial charge on any atom is 0.124 e. The maximum atomic E-state index is 6.12. The molecule has 0 aliphatic rings. The predicted octanol–water partition coefficient (Wildman–Crippen LogP) is 5.12. The molecule has 0 radical (unpaired) electrons. The summed E-state index contributed by atoms with van der Waals surface area (Å²) in [5, 5.41) is 4.22. The molecular formula is C19H24ClNO. The summed E-state index contributed by atoms with van der Waals surface area (Å²) in [5.41, 5.74) is 3.52. The fourth-order valence-corrected chi connectivity index (χ4v) is 2.41. The fourth-order valence-electron chi connectivity index (χ4n) is 2.22. The lowest BCUT2D eigenvalue weighted by molar-refractivity contribution is 0.301. The van der Waals surface area contributed by atoms with Crippen molar-refractivity contribution in [3.8, 4) is 5.75 Å². The van der Waals surface area contributed by atoms with Crippen LogP contribution in [0.3, 0.4) is 0 Å². The molecule has 0 unspecified atom stereocenters. The van der Waals surface area contributed by atoms with Crippen LogP contribution in [0.25, 0.3) is 0 Å². The van der Waals surface area contributed by atoms with Crippen molar-refractivity contribution in [3.63, 3.8) is 0 Å². The van der Waals surface area contributed by atoms with Crippen LogP contribution in [0.15, 0.2) is 42.5 Å². The summed E-state index contributed by atoms with van der Waals surface area (Å²) in [4.78, 5) is 0. The van der Waals surface area contributed by atoms with E-state index < -0.39 is 0 Å². The number of nitrogens with one attached hydrogen (secondary N) is 1. The highest BCUT2D eigenvalue weighted by Crippen LogP contribution is 2.24. The van der Waals surface area contributed by atoms with Crippen molar-refractivity contribution < 1.29 is 4.74 Å². The van der Waals surface area contributed by atoms with Gasteiger partial charge < -0.3 is 10.1 Å². The smallest absolute Gasteiger partial charge is 0.124 e. The molecule has 0 aromatic heterocycles. The van der Waals surface area contributed by atoms with Gasteiger partial charge in [-0.2, -0.15) is 0 Å². The largest absolute Gasteiger partial charge is 0.489 e. The molecule has 2 rings (SSSR count). The van der Waals surface area contributed by atoms with Crippen molar-refractivity contribution in [2.75, 3.05) is 0 Å². The Morgan fingerprint density at radius 3 is 2.73 bits per heavy atom. The molecule has 0 heterocycles. The third-order valence-electron chi connectivity index (χ3n) is 3.75. The van der Waals surface area contributed by atoms with Crippen molar-refractivity contribution in [3.05, 3.63) is 64.2 Å². The van der Waals surface area contributed by atoms with Crippen LogP contribution in [0, 0.1) is 6.92 Å². The van der Waals surface area contributed by atoms with Crippen molar-refractivity contribution in [2.45, 2.75) is 46.4 Å². The normalized spacial score (nSPS) is 12.2. The summed E-state index contributed by atoms with van der Waals surface area (Å²) in [7, 11) is 0. The van der Waals surface area contributed by atoms with Crippen LogP contribution in [0.2, 0.25) is 5.02 Å². The van der Waals surface area contributed by atoms with Crippen LogP contribution in [-0.2, 0) is 13.2 Å². The van der Waals surface area contributed by atoms with Crippen LogP contribution in [0.5, 0.6) is 5.75 Å². The van der Waals surface area contributed by atoms with Crippen molar-refractivity contribution in [1.29, 1.82) is 0 Å². The fraction of sp³-hybridized carbons (Fsp3) is 0.368. The first-order valence-electron chi connectivity index (χ1n) is 7.78. The number of ether oxygens (including phenoxy) is 1. The second-order valence-corrected chi connectivity index (χ2v) is 6.16. The highest BCUT2D eigenvalue weighted by Gasteiger charge is 2.07. The van der Waals surface area contributed by atoms with E-state index >= 15 is 0 Å². The zero-order valence-corrected chi connectivity index (χ0v) is 14.3. The number of hydrogen-bond acceptors (Lipinski definition) is 2. The van der Waals surface area contributed by atoms with Crippen LogP contribution in [-0.4, -0.2) is 6.04 Å². The minimum Gasteiger partial charge on any atom is -0.489 e. The summed E-state index contributed by atoms with van der Waals surface area (Å²) >= 11 is 6.12. The van der Waals surface area contributed by atoms with E-state index in [1.54, 1.807) is 0 Å². The van der Waals surface area contributed by atoms with E-state index in [9.17, 15) is 0 Å². The Balaban J connectivity index is 2.06. The minimum atomic E-state index is 0.476. The zero-order chi connectivity index (χ0) is 15.9. The maximum absolute atomic E-state index is 6.12. The molecule has 0 bridgehead atoms.